The van der Waals surface area contributed by atoms with Gasteiger partial charge in [0, 0.05) is 53.1 Å². The molecule has 0 radical (unpaired) electrons. The summed E-state index contributed by atoms with van der Waals surface area (Å²) in [5.41, 5.74) is 14.1. The van der Waals surface area contributed by atoms with Crippen molar-refractivity contribution in [3.8, 4) is 17.2 Å². The van der Waals surface area contributed by atoms with Gasteiger partial charge in [-0.1, -0.05) is 54.6 Å². The van der Waals surface area contributed by atoms with Crippen LogP contribution in [-0.4, -0.2) is 18.6 Å². The minimum atomic E-state index is -0.550. The van der Waals surface area contributed by atoms with Crippen molar-refractivity contribution in [2.24, 2.45) is 5.73 Å². The molecule has 0 spiro atoms. The normalized spacial score (nSPS) is 14.4. The smallest absolute Gasteiger partial charge is 0.161 e. The van der Waals surface area contributed by atoms with Crippen molar-refractivity contribution in [1.82, 2.24) is 0 Å². The van der Waals surface area contributed by atoms with E-state index in [0.29, 0.717) is 13.5 Å². The lowest BCUT2D eigenvalue weighted by Crippen LogP contribution is -2.33. The number of fused-ring (bicyclic) bond motifs is 2. The fourth-order valence-electron chi connectivity index (χ4n) is 6.28. The number of phenolic OH excluding ortho intramolecular Hbond substituents is 1. The Hall–Kier alpha value is -4.94. The van der Waals surface area contributed by atoms with Crippen molar-refractivity contribution >= 4 is 11.4 Å². The topological polar surface area (TPSA) is 71.2 Å². The van der Waals surface area contributed by atoms with Crippen molar-refractivity contribution in [3.63, 3.8) is 0 Å². The molecule has 6 nitrogen and oxygen atoms in total. The largest absolute Gasteiger partial charge is 0.508 e. The van der Waals surface area contributed by atoms with Crippen LogP contribution in [0.3, 0.4) is 0 Å². The van der Waals surface area contributed by atoms with Crippen LogP contribution in [0.1, 0.15) is 40.3 Å². The number of nitrogens with zero attached hydrogens (tertiary/aromatic N) is 2. The number of para-hydroxylation sites is 2. The van der Waals surface area contributed by atoms with E-state index in [1.807, 2.05) is 24.3 Å². The number of aromatic hydroxyl groups is 1. The van der Waals surface area contributed by atoms with Crippen molar-refractivity contribution in [1.29, 1.82) is 0 Å². The summed E-state index contributed by atoms with van der Waals surface area (Å²) in [5.74, 6) is 2.02. The Morgan fingerprint density at radius 3 is 1.60 bits per heavy atom. The quantitative estimate of drug-likeness (QED) is 0.216. The van der Waals surface area contributed by atoms with Crippen molar-refractivity contribution in [2.75, 3.05) is 23.3 Å². The number of hydrogen-bond donors (Lipinski definition) is 2. The molecule has 0 atom stereocenters. The second-order valence-electron chi connectivity index (χ2n) is 11.4. The second kappa shape index (κ2) is 11.0. The van der Waals surface area contributed by atoms with Gasteiger partial charge in [0.1, 0.15) is 17.2 Å². The molecule has 0 bridgehead atoms. The number of hydrogen-bond acceptors (Lipinski definition) is 6. The summed E-state index contributed by atoms with van der Waals surface area (Å²) in [7, 11) is 0. The first kappa shape index (κ1) is 26.9. The van der Waals surface area contributed by atoms with Gasteiger partial charge < -0.3 is 30.1 Å². The van der Waals surface area contributed by atoms with Crippen LogP contribution >= 0.6 is 0 Å². The molecule has 43 heavy (non-hydrogen) atoms. The lowest BCUT2D eigenvalue weighted by atomic mass is 9.70. The molecule has 2 heterocycles. The number of anilines is 2. The molecule has 0 unspecified atom stereocenters. The van der Waals surface area contributed by atoms with E-state index in [2.05, 4.69) is 102 Å². The van der Waals surface area contributed by atoms with E-state index in [4.69, 9.17) is 15.2 Å². The van der Waals surface area contributed by atoms with Crippen LogP contribution < -0.4 is 25.0 Å². The molecule has 0 amide bonds. The van der Waals surface area contributed by atoms with E-state index in [9.17, 15) is 5.11 Å². The zero-order valence-electron chi connectivity index (χ0n) is 24.2. The zero-order chi connectivity index (χ0) is 29.4. The van der Waals surface area contributed by atoms with Gasteiger partial charge in [-0.15, -0.1) is 0 Å². The third-order valence-electron chi connectivity index (χ3n) is 8.87. The van der Waals surface area contributed by atoms with E-state index in [1.54, 1.807) is 6.07 Å². The predicted molar refractivity (Wildman–Crippen MR) is 171 cm³/mol. The standard InChI is InChI=1S/C37H35N3O3/c1-37(29-12-15-34(41)26(18-29)21-38,30-13-16-35-27(19-30)22-39(24-42-35)32-8-4-2-5-9-32)31-14-17-36-28(20-31)23-40(25-43-36)33-10-6-3-7-11-33/h2-20,41H,21-25,38H2,1H3. The van der Waals surface area contributed by atoms with Crippen LogP contribution in [0.5, 0.6) is 17.2 Å². The molecule has 0 aliphatic carbocycles. The van der Waals surface area contributed by atoms with Gasteiger partial charge in [-0.25, -0.2) is 0 Å². The third kappa shape index (κ3) is 4.94. The maximum atomic E-state index is 10.5. The molecular formula is C37H35N3O3. The summed E-state index contributed by atoms with van der Waals surface area (Å²) in [5, 5.41) is 10.5. The Morgan fingerprint density at radius 2 is 1.12 bits per heavy atom. The fourth-order valence-corrected chi connectivity index (χ4v) is 6.28. The minimum absolute atomic E-state index is 0.211. The second-order valence-corrected chi connectivity index (χ2v) is 11.4. The summed E-state index contributed by atoms with van der Waals surface area (Å²) < 4.78 is 12.4. The van der Waals surface area contributed by atoms with E-state index in [-0.39, 0.29) is 12.3 Å². The first-order valence-electron chi connectivity index (χ1n) is 14.7. The van der Waals surface area contributed by atoms with E-state index >= 15 is 0 Å². The summed E-state index contributed by atoms with van der Waals surface area (Å²) in [4.78, 5) is 4.48. The van der Waals surface area contributed by atoms with Gasteiger partial charge in [0.15, 0.2) is 13.5 Å². The van der Waals surface area contributed by atoms with E-state index < -0.39 is 5.41 Å². The van der Waals surface area contributed by atoms with Crippen LogP contribution in [0, 0.1) is 0 Å². The van der Waals surface area contributed by atoms with Crippen LogP contribution in [0.15, 0.2) is 115 Å². The lowest BCUT2D eigenvalue weighted by molar-refractivity contribution is 0.289. The molecule has 0 aromatic heterocycles. The van der Waals surface area contributed by atoms with Crippen LogP contribution in [0.4, 0.5) is 11.4 Å². The number of nitrogens with two attached hydrogens (primary N) is 1. The van der Waals surface area contributed by atoms with Gasteiger partial charge in [-0.05, 0) is 84.3 Å². The zero-order valence-corrected chi connectivity index (χ0v) is 24.2. The van der Waals surface area contributed by atoms with Gasteiger partial charge in [0.25, 0.3) is 0 Å². The van der Waals surface area contributed by atoms with Crippen molar-refractivity contribution < 1.29 is 14.6 Å². The van der Waals surface area contributed by atoms with E-state index in [1.165, 1.54) is 0 Å². The highest BCUT2D eigenvalue weighted by Gasteiger charge is 2.34. The van der Waals surface area contributed by atoms with Crippen LogP contribution in [0.25, 0.3) is 0 Å². The molecule has 5 aromatic rings. The molecule has 7 rings (SSSR count). The first-order valence-corrected chi connectivity index (χ1v) is 14.7. The van der Waals surface area contributed by atoms with Gasteiger partial charge >= 0.3 is 0 Å². The maximum absolute atomic E-state index is 10.5. The van der Waals surface area contributed by atoms with Crippen LogP contribution in [0.2, 0.25) is 0 Å². The minimum Gasteiger partial charge on any atom is -0.508 e. The molecular weight excluding hydrogens is 534 g/mol. The molecule has 3 N–H and O–H groups in total. The predicted octanol–water partition coefficient (Wildman–Crippen LogP) is 6.92. The number of phenols is 1. The Balaban J connectivity index is 1.32. The molecule has 0 saturated carbocycles. The summed E-state index contributed by atoms with van der Waals surface area (Å²) in [6.07, 6.45) is 0. The number of benzene rings is 5. The van der Waals surface area contributed by atoms with E-state index in [0.717, 1.165) is 69.3 Å². The number of ether oxygens (including phenoxy) is 2. The molecule has 2 aliphatic heterocycles. The molecule has 5 aromatic carbocycles. The summed E-state index contributed by atoms with van der Waals surface area (Å²) >= 11 is 0. The fraction of sp³-hybridized carbons (Fsp3) is 0.189. The average molecular weight is 570 g/mol. The summed E-state index contributed by atoms with van der Waals surface area (Å²) in [6.45, 7) is 5.01. The monoisotopic (exact) mass is 569 g/mol. The lowest BCUT2D eigenvalue weighted by Gasteiger charge is -2.36. The third-order valence-corrected chi connectivity index (χ3v) is 8.87. The average Bonchev–Trinajstić information content (AvgIpc) is 3.08. The van der Waals surface area contributed by atoms with Gasteiger partial charge in [0.2, 0.25) is 0 Å². The Bertz CT molecular complexity index is 1660. The van der Waals surface area contributed by atoms with Crippen molar-refractivity contribution in [2.45, 2.75) is 32.0 Å². The maximum Gasteiger partial charge on any atom is 0.161 e. The number of rotatable bonds is 6. The highest BCUT2D eigenvalue weighted by Crippen LogP contribution is 2.44. The highest BCUT2D eigenvalue weighted by atomic mass is 16.5. The molecule has 6 heteroatoms. The molecule has 0 fully saturated rings. The first-order chi connectivity index (χ1) is 21.0. The van der Waals surface area contributed by atoms with Gasteiger partial charge in [0.05, 0.1) is 0 Å². The molecule has 216 valence electrons. The Morgan fingerprint density at radius 1 is 0.651 bits per heavy atom. The van der Waals surface area contributed by atoms with Crippen LogP contribution in [-0.2, 0) is 25.0 Å². The Labute approximate surface area is 252 Å². The van der Waals surface area contributed by atoms with Gasteiger partial charge in [-0.3, -0.25) is 0 Å². The molecule has 0 saturated heterocycles. The van der Waals surface area contributed by atoms with Gasteiger partial charge in [-0.2, -0.15) is 0 Å². The van der Waals surface area contributed by atoms with Crippen molar-refractivity contribution in [3.05, 3.63) is 149 Å². The highest BCUT2D eigenvalue weighted by molar-refractivity contribution is 5.59. The SMILES string of the molecule is CC(c1ccc(O)c(CN)c1)(c1ccc2c(c1)CN(c1ccccc1)CO2)c1ccc2c(c1)CN(c1ccccc1)CO2. The summed E-state index contributed by atoms with van der Waals surface area (Å²) in [6, 6.07) is 39.6. The molecule has 2 aliphatic rings. The Kier molecular flexibility index (Phi) is 6.92.